The lowest BCUT2D eigenvalue weighted by Gasteiger charge is -2.05. The number of rotatable bonds is 4. The van der Waals surface area contributed by atoms with Crippen molar-refractivity contribution in [2.75, 3.05) is 5.84 Å². The molecule has 7 nitrogen and oxygen atoms in total. The van der Waals surface area contributed by atoms with E-state index in [9.17, 15) is 13.2 Å². The zero-order valence-electron chi connectivity index (χ0n) is 10.7. The Morgan fingerprint density at radius 3 is 2.73 bits per heavy atom. The van der Waals surface area contributed by atoms with Gasteiger partial charge in [0.15, 0.2) is 5.76 Å². The zero-order valence-corrected chi connectivity index (χ0v) is 11.6. The molecular weight excluding hydrogens is 323 g/mol. The van der Waals surface area contributed by atoms with Gasteiger partial charge in [-0.1, -0.05) is 16.9 Å². The first kappa shape index (κ1) is 14.5. The van der Waals surface area contributed by atoms with E-state index in [4.69, 9.17) is 14.8 Å². The molecule has 116 valence electrons. The van der Waals surface area contributed by atoms with E-state index in [2.05, 4.69) is 15.4 Å². The molecule has 0 spiro atoms. The molecule has 0 fully saturated rings. The number of aromatic nitrogens is 4. The Hall–Kier alpha value is -2.43. The fourth-order valence-corrected chi connectivity index (χ4v) is 2.36. The molecule has 3 rings (SSSR count). The fourth-order valence-electron chi connectivity index (χ4n) is 1.62. The van der Waals surface area contributed by atoms with Crippen molar-refractivity contribution in [3.05, 3.63) is 36.0 Å². The molecule has 0 saturated carbocycles. The maximum atomic E-state index is 12.5. The van der Waals surface area contributed by atoms with E-state index in [0.717, 1.165) is 11.8 Å². The summed E-state index contributed by atoms with van der Waals surface area (Å²) >= 11 is 0.959. The minimum absolute atomic E-state index is 0.0742. The van der Waals surface area contributed by atoms with Crippen LogP contribution in [0.1, 0.15) is 11.5 Å². The Morgan fingerprint density at radius 2 is 2.09 bits per heavy atom. The lowest BCUT2D eigenvalue weighted by molar-refractivity contribution is -0.146. The highest BCUT2D eigenvalue weighted by Crippen LogP contribution is 2.30. The van der Waals surface area contributed by atoms with Crippen LogP contribution < -0.4 is 5.84 Å². The molecule has 11 heteroatoms. The van der Waals surface area contributed by atoms with Crippen LogP contribution in [0.3, 0.4) is 0 Å². The van der Waals surface area contributed by atoms with Crippen LogP contribution in [0, 0.1) is 0 Å². The standard InChI is InChI=1S/C11H8F3N5O2S/c12-11(13,14)9-16-17-10(19(9)15)22-5-6-4-8(21-18-6)7-2-1-3-20-7/h1-4H,5,15H2. The molecule has 22 heavy (non-hydrogen) atoms. The SMILES string of the molecule is Nn1c(SCc2cc(-c3ccco3)on2)nnc1C(F)(F)F. The van der Waals surface area contributed by atoms with Crippen molar-refractivity contribution in [3.63, 3.8) is 0 Å². The first-order chi connectivity index (χ1) is 10.4. The summed E-state index contributed by atoms with van der Waals surface area (Å²) < 4.78 is 48.2. The van der Waals surface area contributed by atoms with Crippen LogP contribution in [0.4, 0.5) is 13.2 Å². The molecule has 3 aromatic heterocycles. The van der Waals surface area contributed by atoms with E-state index in [1.807, 2.05) is 0 Å². The van der Waals surface area contributed by atoms with Gasteiger partial charge < -0.3 is 14.8 Å². The highest BCUT2D eigenvalue weighted by Gasteiger charge is 2.38. The molecule has 0 amide bonds. The smallest absolute Gasteiger partial charge is 0.453 e. The molecule has 0 atom stereocenters. The number of halogens is 3. The van der Waals surface area contributed by atoms with Crippen LogP contribution in [-0.4, -0.2) is 20.0 Å². The Morgan fingerprint density at radius 1 is 1.27 bits per heavy atom. The van der Waals surface area contributed by atoms with Gasteiger partial charge in [0.2, 0.25) is 10.9 Å². The second-order valence-corrected chi connectivity index (χ2v) is 5.06. The number of nitrogen functional groups attached to an aromatic ring is 1. The average Bonchev–Trinajstić information content (AvgIpc) is 3.16. The molecule has 0 radical (unpaired) electrons. The van der Waals surface area contributed by atoms with Crippen molar-refractivity contribution in [1.29, 1.82) is 0 Å². The number of nitrogens with two attached hydrogens (primary N) is 1. The number of furan rings is 1. The van der Waals surface area contributed by atoms with Crippen LogP contribution in [0.25, 0.3) is 11.5 Å². The Balaban J connectivity index is 1.70. The summed E-state index contributed by atoms with van der Waals surface area (Å²) in [6, 6.07) is 5.01. The maximum Gasteiger partial charge on any atom is 0.453 e. The Kier molecular flexibility index (Phi) is 3.56. The minimum Gasteiger partial charge on any atom is -0.461 e. The molecule has 0 aliphatic carbocycles. The van der Waals surface area contributed by atoms with E-state index < -0.39 is 12.0 Å². The van der Waals surface area contributed by atoms with Crippen molar-refractivity contribution in [1.82, 2.24) is 20.0 Å². The number of thioether (sulfide) groups is 1. The molecule has 0 aromatic carbocycles. The molecule has 0 aliphatic rings. The summed E-state index contributed by atoms with van der Waals surface area (Å²) in [6.45, 7) is 0. The van der Waals surface area contributed by atoms with Gasteiger partial charge in [0.05, 0.1) is 12.0 Å². The molecule has 0 unspecified atom stereocenters. The van der Waals surface area contributed by atoms with Gasteiger partial charge in [0.1, 0.15) is 0 Å². The summed E-state index contributed by atoms with van der Waals surface area (Å²) in [4.78, 5) is 0. The van der Waals surface area contributed by atoms with Gasteiger partial charge in [-0.2, -0.15) is 13.2 Å². The average molecular weight is 331 g/mol. The van der Waals surface area contributed by atoms with Crippen LogP contribution in [0.15, 0.2) is 38.6 Å². The Labute approximate surface area is 125 Å². The predicted molar refractivity (Wildman–Crippen MR) is 68.9 cm³/mol. The molecular formula is C11H8F3N5O2S. The molecule has 0 bridgehead atoms. The first-order valence-corrected chi connectivity index (χ1v) is 6.83. The van der Waals surface area contributed by atoms with Crippen molar-refractivity contribution in [2.45, 2.75) is 17.1 Å². The van der Waals surface area contributed by atoms with E-state index in [1.165, 1.54) is 6.26 Å². The number of nitrogens with zero attached hydrogens (tertiary/aromatic N) is 4. The number of hydrogen-bond donors (Lipinski definition) is 1. The normalized spacial score (nSPS) is 12.0. The topological polar surface area (TPSA) is 95.9 Å². The fraction of sp³-hybridized carbons (Fsp3) is 0.182. The third kappa shape index (κ3) is 2.79. The molecule has 3 heterocycles. The number of alkyl halides is 3. The van der Waals surface area contributed by atoms with Gasteiger partial charge in [-0.25, -0.2) is 4.68 Å². The van der Waals surface area contributed by atoms with Crippen LogP contribution in [-0.2, 0) is 11.9 Å². The Bertz CT molecular complexity index is 765. The molecule has 2 N–H and O–H groups in total. The quantitative estimate of drug-likeness (QED) is 0.579. The summed E-state index contributed by atoms with van der Waals surface area (Å²) in [5.41, 5.74) is 0.507. The zero-order chi connectivity index (χ0) is 15.7. The third-order valence-corrected chi connectivity index (χ3v) is 3.57. The van der Waals surface area contributed by atoms with Crippen LogP contribution in [0.2, 0.25) is 0 Å². The van der Waals surface area contributed by atoms with Crippen LogP contribution in [0.5, 0.6) is 0 Å². The lowest BCUT2D eigenvalue weighted by atomic mass is 10.3. The molecule has 0 aliphatic heterocycles. The molecule has 0 saturated heterocycles. The summed E-state index contributed by atoms with van der Waals surface area (Å²) in [5, 5.41) is 10.2. The predicted octanol–water partition coefficient (Wildman–Crippen LogP) is 2.55. The second kappa shape index (κ2) is 5.40. The summed E-state index contributed by atoms with van der Waals surface area (Å²) in [6.07, 6.45) is -3.16. The monoisotopic (exact) mass is 331 g/mol. The maximum absolute atomic E-state index is 12.5. The minimum atomic E-state index is -4.65. The van der Waals surface area contributed by atoms with E-state index in [-0.39, 0.29) is 10.9 Å². The van der Waals surface area contributed by atoms with E-state index in [0.29, 0.717) is 21.9 Å². The summed E-state index contributed by atoms with van der Waals surface area (Å²) in [5.74, 6) is 5.22. The van der Waals surface area contributed by atoms with Gasteiger partial charge in [0.25, 0.3) is 5.82 Å². The van der Waals surface area contributed by atoms with Gasteiger partial charge >= 0.3 is 6.18 Å². The van der Waals surface area contributed by atoms with Crippen LogP contribution >= 0.6 is 11.8 Å². The van der Waals surface area contributed by atoms with Crippen molar-refractivity contribution >= 4 is 11.8 Å². The van der Waals surface area contributed by atoms with E-state index >= 15 is 0 Å². The molecule has 3 aromatic rings. The second-order valence-electron chi connectivity index (χ2n) is 4.12. The largest absolute Gasteiger partial charge is 0.461 e. The lowest BCUT2D eigenvalue weighted by Crippen LogP contribution is -2.21. The van der Waals surface area contributed by atoms with Crippen molar-refractivity contribution in [3.8, 4) is 11.5 Å². The van der Waals surface area contributed by atoms with Crippen molar-refractivity contribution in [2.24, 2.45) is 0 Å². The van der Waals surface area contributed by atoms with Gasteiger partial charge in [-0.15, -0.1) is 10.2 Å². The van der Waals surface area contributed by atoms with E-state index in [1.54, 1.807) is 18.2 Å². The summed E-state index contributed by atoms with van der Waals surface area (Å²) in [7, 11) is 0. The van der Waals surface area contributed by atoms with Gasteiger partial charge in [0, 0.05) is 11.8 Å². The highest BCUT2D eigenvalue weighted by molar-refractivity contribution is 7.98. The first-order valence-electron chi connectivity index (χ1n) is 5.85. The highest BCUT2D eigenvalue weighted by atomic mass is 32.2. The van der Waals surface area contributed by atoms with Gasteiger partial charge in [-0.3, -0.25) is 0 Å². The van der Waals surface area contributed by atoms with Crippen molar-refractivity contribution < 1.29 is 22.1 Å². The number of hydrogen-bond acceptors (Lipinski definition) is 7. The van der Waals surface area contributed by atoms with Gasteiger partial charge in [-0.05, 0) is 12.1 Å². The third-order valence-electron chi connectivity index (χ3n) is 2.59.